The average Bonchev–Trinajstić information content (AvgIpc) is 2.65. The molecule has 0 saturated heterocycles. The molecule has 1 aromatic rings. The standard InChI is InChI=1S/C21H38NO6P/c1-4-5-6-7-8-9-12-28-21-16(2)13-17(14-19(21)27-3)10-11-18(22)15-20(23)29(24,25)26/h13-14,18,20,23H,4-12,15,22H2,1-3H3,(H2,24,25,26)/t18-,20?/m1/s1. The highest BCUT2D eigenvalue weighted by atomic mass is 31.2. The second-order valence-corrected chi connectivity index (χ2v) is 9.44. The summed E-state index contributed by atoms with van der Waals surface area (Å²) < 4.78 is 22.5. The van der Waals surface area contributed by atoms with Crippen LogP contribution in [0.5, 0.6) is 11.5 Å². The Bertz CT molecular complexity index is 648. The number of rotatable bonds is 15. The Labute approximate surface area is 174 Å². The summed E-state index contributed by atoms with van der Waals surface area (Å²) in [4.78, 5) is 17.9. The molecule has 1 aromatic carbocycles. The average molecular weight is 432 g/mol. The molecule has 0 saturated carbocycles. The van der Waals surface area contributed by atoms with E-state index >= 15 is 0 Å². The smallest absolute Gasteiger partial charge is 0.353 e. The first-order valence-electron chi connectivity index (χ1n) is 10.5. The minimum Gasteiger partial charge on any atom is -0.493 e. The van der Waals surface area contributed by atoms with E-state index < -0.39 is 19.5 Å². The normalized spacial score (nSPS) is 13.9. The maximum atomic E-state index is 11.0. The molecule has 5 N–H and O–H groups in total. The van der Waals surface area contributed by atoms with Crippen LogP contribution in [0.4, 0.5) is 0 Å². The van der Waals surface area contributed by atoms with Crippen LogP contribution in [0.3, 0.4) is 0 Å². The zero-order valence-corrected chi connectivity index (χ0v) is 18.9. The first-order valence-corrected chi connectivity index (χ1v) is 12.2. The minimum absolute atomic E-state index is 0.139. The summed E-state index contributed by atoms with van der Waals surface area (Å²) in [6.07, 6.45) is 8.21. The molecular weight excluding hydrogens is 393 g/mol. The third kappa shape index (κ3) is 9.96. The molecule has 0 amide bonds. The Morgan fingerprint density at radius 1 is 1.14 bits per heavy atom. The van der Waals surface area contributed by atoms with Gasteiger partial charge in [-0.05, 0) is 43.4 Å². The monoisotopic (exact) mass is 431 g/mol. The van der Waals surface area contributed by atoms with Crippen LogP contribution < -0.4 is 15.2 Å². The van der Waals surface area contributed by atoms with E-state index in [0.29, 0.717) is 25.2 Å². The second kappa shape index (κ2) is 13.2. The number of aryl methyl sites for hydroxylation is 2. The molecule has 0 spiro atoms. The van der Waals surface area contributed by atoms with Gasteiger partial charge in [0.25, 0.3) is 0 Å². The fraction of sp³-hybridized carbons (Fsp3) is 0.714. The summed E-state index contributed by atoms with van der Waals surface area (Å²) in [7, 11) is -2.91. The van der Waals surface area contributed by atoms with Gasteiger partial charge < -0.3 is 30.1 Å². The van der Waals surface area contributed by atoms with Crippen molar-refractivity contribution in [3.05, 3.63) is 23.3 Å². The van der Waals surface area contributed by atoms with Crippen LogP contribution in [-0.2, 0) is 11.0 Å². The molecule has 0 aliphatic rings. The Kier molecular flexibility index (Phi) is 11.8. The molecule has 168 valence electrons. The van der Waals surface area contributed by atoms with Gasteiger partial charge in [0.2, 0.25) is 0 Å². The number of ether oxygens (including phenoxy) is 2. The van der Waals surface area contributed by atoms with Crippen LogP contribution in [0.1, 0.15) is 69.4 Å². The molecule has 1 unspecified atom stereocenters. The van der Waals surface area contributed by atoms with Crippen LogP contribution in [0.15, 0.2) is 12.1 Å². The van der Waals surface area contributed by atoms with Crippen LogP contribution in [0, 0.1) is 6.92 Å². The first kappa shape index (κ1) is 25.9. The molecule has 0 aromatic heterocycles. The van der Waals surface area contributed by atoms with Crippen LogP contribution in [0.25, 0.3) is 0 Å². The highest BCUT2D eigenvalue weighted by Crippen LogP contribution is 2.41. The lowest BCUT2D eigenvalue weighted by Gasteiger charge is -2.18. The van der Waals surface area contributed by atoms with E-state index in [-0.39, 0.29) is 6.42 Å². The maximum absolute atomic E-state index is 11.0. The van der Waals surface area contributed by atoms with Crippen molar-refractivity contribution >= 4 is 7.60 Å². The summed E-state index contributed by atoms with van der Waals surface area (Å²) in [5.41, 5.74) is 7.91. The number of methoxy groups -OCH3 is 1. The van der Waals surface area contributed by atoms with Crippen molar-refractivity contribution in [2.75, 3.05) is 13.7 Å². The number of hydrogen-bond donors (Lipinski definition) is 4. The molecule has 7 nitrogen and oxygen atoms in total. The van der Waals surface area contributed by atoms with E-state index in [2.05, 4.69) is 6.92 Å². The zero-order valence-electron chi connectivity index (χ0n) is 18.0. The van der Waals surface area contributed by atoms with Crippen molar-refractivity contribution in [1.82, 2.24) is 0 Å². The molecule has 29 heavy (non-hydrogen) atoms. The van der Waals surface area contributed by atoms with Gasteiger partial charge in [0, 0.05) is 12.5 Å². The van der Waals surface area contributed by atoms with Gasteiger partial charge in [0.05, 0.1) is 13.7 Å². The fourth-order valence-electron chi connectivity index (χ4n) is 3.23. The molecular formula is C21H38NO6P. The van der Waals surface area contributed by atoms with E-state index in [0.717, 1.165) is 29.7 Å². The van der Waals surface area contributed by atoms with Crippen LogP contribution >= 0.6 is 7.60 Å². The van der Waals surface area contributed by atoms with Crippen molar-refractivity contribution in [3.8, 4) is 11.5 Å². The highest BCUT2D eigenvalue weighted by Gasteiger charge is 2.27. The van der Waals surface area contributed by atoms with E-state index in [1.54, 1.807) is 7.11 Å². The van der Waals surface area contributed by atoms with Gasteiger partial charge in [-0.25, -0.2) is 0 Å². The van der Waals surface area contributed by atoms with Crippen molar-refractivity contribution in [2.24, 2.45) is 5.73 Å². The molecule has 0 fully saturated rings. The third-order valence-electron chi connectivity index (χ3n) is 4.97. The van der Waals surface area contributed by atoms with Gasteiger partial charge in [-0.3, -0.25) is 4.57 Å². The molecule has 8 heteroatoms. The summed E-state index contributed by atoms with van der Waals surface area (Å²) in [5, 5.41) is 9.50. The quantitative estimate of drug-likeness (QED) is 0.245. The summed E-state index contributed by atoms with van der Waals surface area (Å²) in [6.45, 7) is 4.84. The lowest BCUT2D eigenvalue weighted by molar-refractivity contribution is 0.184. The summed E-state index contributed by atoms with van der Waals surface area (Å²) in [5.74, 6) is -0.285. The van der Waals surface area contributed by atoms with Gasteiger partial charge >= 0.3 is 7.60 Å². The van der Waals surface area contributed by atoms with Gasteiger partial charge in [-0.15, -0.1) is 0 Å². The fourth-order valence-corrected chi connectivity index (χ4v) is 3.77. The zero-order chi connectivity index (χ0) is 21.9. The SMILES string of the molecule is CCCCCCCCOc1c(C)cc(CC[C@@H](N)CC(O)P(=O)(O)O)cc1OC. The van der Waals surface area contributed by atoms with Crippen molar-refractivity contribution in [1.29, 1.82) is 0 Å². The Morgan fingerprint density at radius 3 is 2.41 bits per heavy atom. The van der Waals surface area contributed by atoms with Gasteiger partial charge in [-0.1, -0.05) is 45.1 Å². The molecule has 0 aliphatic carbocycles. The minimum atomic E-state index is -4.52. The number of benzene rings is 1. The number of nitrogens with two attached hydrogens (primary N) is 1. The predicted molar refractivity (Wildman–Crippen MR) is 116 cm³/mol. The van der Waals surface area contributed by atoms with Crippen molar-refractivity contribution in [3.63, 3.8) is 0 Å². The van der Waals surface area contributed by atoms with Crippen LogP contribution in [-0.4, -0.2) is 40.5 Å². The third-order valence-corrected chi connectivity index (χ3v) is 5.96. The molecule has 2 atom stereocenters. The first-order chi connectivity index (χ1) is 13.7. The Hall–Kier alpha value is -1.11. The Balaban J connectivity index is 2.56. The van der Waals surface area contributed by atoms with Gasteiger partial charge in [-0.2, -0.15) is 0 Å². The van der Waals surface area contributed by atoms with E-state index in [1.807, 2.05) is 19.1 Å². The van der Waals surface area contributed by atoms with Gasteiger partial charge in [0.15, 0.2) is 17.3 Å². The molecule has 0 radical (unpaired) electrons. The van der Waals surface area contributed by atoms with E-state index in [9.17, 15) is 9.67 Å². The lowest BCUT2D eigenvalue weighted by atomic mass is 10.0. The molecule has 0 heterocycles. The van der Waals surface area contributed by atoms with Gasteiger partial charge in [0.1, 0.15) is 0 Å². The predicted octanol–water partition coefficient (Wildman–Crippen LogP) is 3.89. The summed E-state index contributed by atoms with van der Waals surface area (Å²) >= 11 is 0. The number of unbranched alkanes of at least 4 members (excludes halogenated alkanes) is 5. The van der Waals surface area contributed by atoms with Crippen molar-refractivity contribution < 1.29 is 28.9 Å². The molecule has 1 rings (SSSR count). The second-order valence-electron chi connectivity index (χ2n) is 7.66. The molecule has 0 aliphatic heterocycles. The summed E-state index contributed by atoms with van der Waals surface area (Å²) in [6, 6.07) is 3.42. The Morgan fingerprint density at radius 2 is 1.79 bits per heavy atom. The number of hydrogen-bond acceptors (Lipinski definition) is 5. The van der Waals surface area contributed by atoms with Crippen LogP contribution in [0.2, 0.25) is 0 Å². The topological polar surface area (TPSA) is 122 Å². The number of aliphatic hydroxyl groups is 1. The molecule has 0 bridgehead atoms. The maximum Gasteiger partial charge on any atom is 0.353 e. The lowest BCUT2D eigenvalue weighted by Crippen LogP contribution is -2.26. The highest BCUT2D eigenvalue weighted by molar-refractivity contribution is 7.52. The van der Waals surface area contributed by atoms with E-state index in [1.165, 1.54) is 25.7 Å². The van der Waals surface area contributed by atoms with Crippen molar-refractivity contribution in [2.45, 2.75) is 83.5 Å². The number of aliphatic hydroxyl groups excluding tert-OH is 1. The largest absolute Gasteiger partial charge is 0.493 e. The van der Waals surface area contributed by atoms with E-state index in [4.69, 9.17) is 25.0 Å².